The van der Waals surface area contributed by atoms with Gasteiger partial charge in [-0.05, 0) is 41.8 Å². The summed E-state index contributed by atoms with van der Waals surface area (Å²) >= 11 is 0. The van der Waals surface area contributed by atoms with Crippen molar-refractivity contribution in [3.8, 4) is 5.75 Å². The van der Waals surface area contributed by atoms with Crippen LogP contribution < -0.4 is 0 Å². The van der Waals surface area contributed by atoms with Gasteiger partial charge in [-0.25, -0.2) is 4.39 Å². The Bertz CT molecular complexity index is 1140. The number of nitrogens with zero attached hydrogens (tertiary/aromatic N) is 1. The Morgan fingerprint density at radius 1 is 0.903 bits per heavy atom. The summed E-state index contributed by atoms with van der Waals surface area (Å²) in [6.07, 6.45) is 0.441. The van der Waals surface area contributed by atoms with E-state index >= 15 is 0 Å². The molecule has 4 rings (SSSR count). The highest BCUT2D eigenvalue weighted by molar-refractivity contribution is 6.46. The number of amides is 1. The Hall–Kier alpha value is -3.93. The van der Waals surface area contributed by atoms with Crippen molar-refractivity contribution in [2.75, 3.05) is 6.54 Å². The molecule has 5 nitrogen and oxygen atoms in total. The minimum absolute atomic E-state index is 0.0199. The summed E-state index contributed by atoms with van der Waals surface area (Å²) < 4.78 is 13.5. The van der Waals surface area contributed by atoms with Gasteiger partial charge in [0.2, 0.25) is 0 Å². The number of hydrogen-bond donors (Lipinski definition) is 2. The molecule has 0 radical (unpaired) electrons. The van der Waals surface area contributed by atoms with Crippen molar-refractivity contribution in [3.05, 3.63) is 107 Å². The van der Waals surface area contributed by atoms with Crippen LogP contribution in [0.3, 0.4) is 0 Å². The number of ketones is 1. The van der Waals surface area contributed by atoms with E-state index in [4.69, 9.17) is 0 Å². The van der Waals surface area contributed by atoms with Gasteiger partial charge in [0, 0.05) is 12.1 Å². The third kappa shape index (κ3) is 4.05. The Balaban J connectivity index is 1.75. The Morgan fingerprint density at radius 2 is 1.55 bits per heavy atom. The van der Waals surface area contributed by atoms with Crippen LogP contribution in [-0.2, 0) is 16.0 Å². The molecule has 0 bridgehead atoms. The molecule has 1 atom stereocenters. The van der Waals surface area contributed by atoms with Crippen molar-refractivity contribution in [2.24, 2.45) is 0 Å². The summed E-state index contributed by atoms with van der Waals surface area (Å²) in [5, 5.41) is 20.4. The first-order valence-corrected chi connectivity index (χ1v) is 9.83. The molecule has 1 fully saturated rings. The lowest BCUT2D eigenvalue weighted by Gasteiger charge is -2.25. The maximum absolute atomic E-state index is 13.5. The van der Waals surface area contributed by atoms with Crippen molar-refractivity contribution < 1.29 is 24.2 Å². The summed E-state index contributed by atoms with van der Waals surface area (Å²) in [5.41, 5.74) is 1.81. The zero-order chi connectivity index (χ0) is 22.0. The quantitative estimate of drug-likeness (QED) is 0.371. The number of phenols is 1. The molecule has 6 heteroatoms. The van der Waals surface area contributed by atoms with Gasteiger partial charge in [-0.3, -0.25) is 9.59 Å². The lowest BCUT2D eigenvalue weighted by atomic mass is 9.95. The zero-order valence-corrected chi connectivity index (χ0v) is 16.5. The van der Waals surface area contributed by atoms with E-state index < -0.39 is 23.5 Å². The van der Waals surface area contributed by atoms with Gasteiger partial charge < -0.3 is 15.1 Å². The summed E-state index contributed by atoms with van der Waals surface area (Å²) in [4.78, 5) is 27.2. The Kier molecular flexibility index (Phi) is 5.54. The molecule has 3 aromatic carbocycles. The number of aromatic hydroxyl groups is 1. The van der Waals surface area contributed by atoms with E-state index in [1.807, 2.05) is 0 Å². The van der Waals surface area contributed by atoms with E-state index in [1.54, 1.807) is 54.6 Å². The maximum Gasteiger partial charge on any atom is 0.295 e. The van der Waals surface area contributed by atoms with Crippen LogP contribution in [0.15, 0.2) is 84.4 Å². The highest BCUT2D eigenvalue weighted by Gasteiger charge is 2.45. The average Bonchev–Trinajstić information content (AvgIpc) is 3.04. The smallest absolute Gasteiger partial charge is 0.295 e. The first kappa shape index (κ1) is 20.3. The third-order valence-electron chi connectivity index (χ3n) is 5.35. The van der Waals surface area contributed by atoms with E-state index in [9.17, 15) is 24.2 Å². The molecule has 2 N–H and O–H groups in total. The molecule has 1 saturated heterocycles. The molecule has 1 aliphatic rings. The van der Waals surface area contributed by atoms with Crippen LogP contribution in [0.4, 0.5) is 4.39 Å². The van der Waals surface area contributed by atoms with Crippen LogP contribution in [0.2, 0.25) is 0 Å². The maximum atomic E-state index is 13.5. The van der Waals surface area contributed by atoms with Crippen molar-refractivity contribution in [2.45, 2.75) is 12.5 Å². The molecule has 0 spiro atoms. The molecule has 0 aliphatic carbocycles. The Morgan fingerprint density at radius 3 is 2.19 bits per heavy atom. The molecule has 31 heavy (non-hydrogen) atoms. The van der Waals surface area contributed by atoms with Gasteiger partial charge in [0.1, 0.15) is 17.3 Å². The van der Waals surface area contributed by atoms with Gasteiger partial charge in [0.15, 0.2) is 0 Å². The number of rotatable bonds is 5. The zero-order valence-electron chi connectivity index (χ0n) is 16.5. The lowest BCUT2D eigenvalue weighted by molar-refractivity contribution is -0.139. The van der Waals surface area contributed by atoms with Crippen LogP contribution >= 0.6 is 0 Å². The van der Waals surface area contributed by atoms with E-state index in [0.717, 1.165) is 5.56 Å². The number of aliphatic hydroxyl groups is 1. The number of carbonyl (C=O) groups is 2. The summed E-state index contributed by atoms with van der Waals surface area (Å²) in [7, 11) is 0. The normalized spacial score (nSPS) is 17.8. The van der Waals surface area contributed by atoms with Crippen LogP contribution in [0.5, 0.6) is 5.75 Å². The van der Waals surface area contributed by atoms with Gasteiger partial charge in [0.05, 0.1) is 11.6 Å². The molecular formula is C25H20FNO4. The number of hydrogen-bond acceptors (Lipinski definition) is 4. The van der Waals surface area contributed by atoms with Crippen molar-refractivity contribution in [1.29, 1.82) is 0 Å². The number of phenolic OH excluding ortho intramolecular Hbond substituents is 1. The van der Waals surface area contributed by atoms with Crippen molar-refractivity contribution in [1.82, 2.24) is 4.90 Å². The molecule has 0 aromatic heterocycles. The first-order chi connectivity index (χ1) is 15.0. The second kappa shape index (κ2) is 8.44. The standard InChI is InChI=1S/C25H20FNO4/c26-19-10-8-17(9-11-19)22-21(23(29)18-4-2-1-3-5-18)24(30)25(31)27(22)15-14-16-6-12-20(28)13-7-16/h1-13,22,28-29H,14-15H2/t22-/m0/s1. The van der Waals surface area contributed by atoms with Crippen molar-refractivity contribution in [3.63, 3.8) is 0 Å². The minimum Gasteiger partial charge on any atom is -0.508 e. The fraction of sp³-hybridized carbons (Fsp3) is 0.120. The van der Waals surface area contributed by atoms with Gasteiger partial charge in [-0.1, -0.05) is 54.6 Å². The highest BCUT2D eigenvalue weighted by atomic mass is 19.1. The highest BCUT2D eigenvalue weighted by Crippen LogP contribution is 2.39. The average molecular weight is 417 g/mol. The molecule has 1 amide bonds. The lowest BCUT2D eigenvalue weighted by Crippen LogP contribution is -2.31. The number of halogens is 1. The number of benzene rings is 3. The van der Waals surface area contributed by atoms with Crippen LogP contribution in [0.1, 0.15) is 22.7 Å². The summed E-state index contributed by atoms with van der Waals surface area (Å²) in [6, 6.07) is 19.8. The van der Waals surface area contributed by atoms with E-state index in [-0.39, 0.29) is 23.6 Å². The second-order valence-electron chi connectivity index (χ2n) is 7.33. The van der Waals surface area contributed by atoms with E-state index in [0.29, 0.717) is 17.5 Å². The van der Waals surface area contributed by atoms with Crippen molar-refractivity contribution >= 4 is 17.4 Å². The van der Waals surface area contributed by atoms with E-state index in [1.165, 1.54) is 29.2 Å². The van der Waals surface area contributed by atoms with Gasteiger partial charge >= 0.3 is 0 Å². The monoisotopic (exact) mass is 417 g/mol. The fourth-order valence-corrected chi connectivity index (χ4v) is 3.77. The van der Waals surface area contributed by atoms with Gasteiger partial charge in [-0.2, -0.15) is 0 Å². The number of carbonyl (C=O) groups excluding carboxylic acids is 2. The third-order valence-corrected chi connectivity index (χ3v) is 5.35. The number of likely N-dealkylation sites (tertiary alicyclic amines) is 1. The predicted molar refractivity (Wildman–Crippen MR) is 114 cm³/mol. The van der Waals surface area contributed by atoms with Crippen LogP contribution in [-0.4, -0.2) is 33.3 Å². The summed E-state index contributed by atoms with van der Waals surface area (Å²) in [6.45, 7) is 0.211. The minimum atomic E-state index is -0.835. The summed E-state index contributed by atoms with van der Waals surface area (Å²) in [5.74, 6) is -2.06. The topological polar surface area (TPSA) is 77.8 Å². The van der Waals surface area contributed by atoms with Gasteiger partial charge in [-0.15, -0.1) is 0 Å². The molecule has 1 aliphatic heterocycles. The predicted octanol–water partition coefficient (Wildman–Crippen LogP) is 4.20. The molecular weight excluding hydrogens is 397 g/mol. The molecule has 0 unspecified atom stereocenters. The molecule has 156 valence electrons. The fourth-order valence-electron chi connectivity index (χ4n) is 3.77. The van der Waals surface area contributed by atoms with Gasteiger partial charge in [0.25, 0.3) is 11.7 Å². The molecule has 0 saturated carbocycles. The second-order valence-corrected chi connectivity index (χ2v) is 7.33. The molecule has 1 heterocycles. The SMILES string of the molecule is O=C1C(=O)N(CCc2ccc(O)cc2)[C@@H](c2ccc(F)cc2)C1=C(O)c1ccccc1. The molecule has 3 aromatic rings. The van der Waals surface area contributed by atoms with Crippen LogP contribution in [0, 0.1) is 5.82 Å². The number of aliphatic hydroxyl groups excluding tert-OH is 1. The van der Waals surface area contributed by atoms with Crippen LogP contribution in [0.25, 0.3) is 5.76 Å². The largest absolute Gasteiger partial charge is 0.508 e. The Labute approximate surface area is 178 Å². The van der Waals surface area contributed by atoms with E-state index in [2.05, 4.69) is 0 Å². The number of Topliss-reactive ketones (excluding diaryl/α,β-unsaturated/α-hetero) is 1. The first-order valence-electron chi connectivity index (χ1n) is 9.83.